The normalized spacial score (nSPS) is 15.4. The van der Waals surface area contributed by atoms with E-state index >= 15 is 0 Å². The highest BCUT2D eigenvalue weighted by atomic mass is 79.9. The zero-order chi connectivity index (χ0) is 11.1. The van der Waals surface area contributed by atoms with Gasteiger partial charge in [0.05, 0.1) is 10.2 Å². The second-order valence-electron chi connectivity index (χ2n) is 4.08. The Bertz CT molecular complexity index is 532. The van der Waals surface area contributed by atoms with Gasteiger partial charge in [0.1, 0.15) is 5.69 Å². The van der Waals surface area contributed by atoms with Crippen LogP contribution in [0.3, 0.4) is 0 Å². The highest BCUT2D eigenvalue weighted by Gasteiger charge is 2.29. The summed E-state index contributed by atoms with van der Waals surface area (Å²) in [4.78, 5) is 0. The lowest BCUT2D eigenvalue weighted by Gasteiger charge is -1.98. The average Bonchev–Trinajstić information content (AvgIpc) is 3.03. The van der Waals surface area contributed by atoms with Gasteiger partial charge in [-0.2, -0.15) is 5.10 Å². The second-order valence-corrected chi connectivity index (χ2v) is 5.31. The molecule has 0 atom stereocenters. The maximum Gasteiger partial charge on any atom is 0.107 e. The molecule has 1 aliphatic rings. The summed E-state index contributed by atoms with van der Waals surface area (Å²) in [6.45, 7) is 0. The van der Waals surface area contributed by atoms with Gasteiger partial charge in [-0.05, 0) is 40.9 Å². The fourth-order valence-corrected chi connectivity index (χ4v) is 2.73. The van der Waals surface area contributed by atoms with Gasteiger partial charge in [0, 0.05) is 16.5 Å². The summed E-state index contributed by atoms with van der Waals surface area (Å²) in [6.07, 6.45) is 2.52. The number of benzene rings is 1. The van der Waals surface area contributed by atoms with Crippen molar-refractivity contribution in [1.29, 1.82) is 0 Å². The van der Waals surface area contributed by atoms with E-state index in [0.29, 0.717) is 5.92 Å². The van der Waals surface area contributed by atoms with Crippen molar-refractivity contribution in [2.24, 2.45) is 0 Å². The summed E-state index contributed by atoms with van der Waals surface area (Å²) in [6, 6.07) is 7.76. The molecule has 0 unspecified atom stereocenters. The molecular weight excluding hydrogens is 288 g/mol. The summed E-state index contributed by atoms with van der Waals surface area (Å²) < 4.78 is 1.08. The standard InChI is InChI=1S/C12H10BrClN2/c13-10-11(7-4-5-7)15-16-12(10)8-2-1-3-9(14)6-8/h1-3,6-7H,4-5H2,(H,15,16). The number of rotatable bonds is 2. The van der Waals surface area contributed by atoms with Crippen molar-refractivity contribution < 1.29 is 0 Å². The lowest BCUT2D eigenvalue weighted by molar-refractivity contribution is 0.963. The van der Waals surface area contributed by atoms with Crippen molar-refractivity contribution in [3.8, 4) is 11.3 Å². The van der Waals surface area contributed by atoms with Gasteiger partial charge in [0.2, 0.25) is 0 Å². The van der Waals surface area contributed by atoms with Crippen LogP contribution in [0.25, 0.3) is 11.3 Å². The molecule has 1 N–H and O–H groups in total. The van der Waals surface area contributed by atoms with E-state index in [1.807, 2.05) is 24.3 Å². The lowest BCUT2D eigenvalue weighted by Crippen LogP contribution is -1.79. The molecule has 1 fully saturated rings. The smallest absolute Gasteiger partial charge is 0.107 e. The Hall–Kier alpha value is -0.800. The first-order valence-corrected chi connectivity index (χ1v) is 6.42. The molecule has 0 aliphatic heterocycles. The van der Waals surface area contributed by atoms with Crippen molar-refractivity contribution >= 4 is 27.5 Å². The van der Waals surface area contributed by atoms with Gasteiger partial charge < -0.3 is 0 Å². The Morgan fingerprint density at radius 1 is 1.38 bits per heavy atom. The molecule has 2 aromatic rings. The summed E-state index contributed by atoms with van der Waals surface area (Å²) in [5.41, 5.74) is 3.21. The molecule has 0 bridgehead atoms. The van der Waals surface area contributed by atoms with E-state index in [1.54, 1.807) is 0 Å². The Labute approximate surface area is 107 Å². The van der Waals surface area contributed by atoms with Gasteiger partial charge in [0.15, 0.2) is 0 Å². The monoisotopic (exact) mass is 296 g/mol. The molecular formula is C12H10BrClN2. The van der Waals surface area contributed by atoms with Crippen LogP contribution in [-0.4, -0.2) is 10.2 Å². The number of aromatic amines is 1. The SMILES string of the molecule is Clc1cccc(-c2n[nH]c(C3CC3)c2Br)c1. The van der Waals surface area contributed by atoms with E-state index in [4.69, 9.17) is 11.6 Å². The molecule has 1 aromatic heterocycles. The van der Waals surface area contributed by atoms with Crippen molar-refractivity contribution in [2.45, 2.75) is 18.8 Å². The maximum atomic E-state index is 5.98. The first-order chi connectivity index (χ1) is 7.75. The van der Waals surface area contributed by atoms with E-state index < -0.39 is 0 Å². The second kappa shape index (κ2) is 3.90. The van der Waals surface area contributed by atoms with Gasteiger partial charge in [-0.15, -0.1) is 0 Å². The van der Waals surface area contributed by atoms with Crippen molar-refractivity contribution in [2.75, 3.05) is 0 Å². The third-order valence-electron chi connectivity index (χ3n) is 2.82. The minimum Gasteiger partial charge on any atom is -0.280 e. The topological polar surface area (TPSA) is 28.7 Å². The van der Waals surface area contributed by atoms with E-state index in [-0.39, 0.29) is 0 Å². The lowest BCUT2D eigenvalue weighted by atomic mass is 10.1. The molecule has 0 spiro atoms. The van der Waals surface area contributed by atoms with Crippen molar-refractivity contribution in [3.63, 3.8) is 0 Å². The third kappa shape index (κ3) is 1.78. The predicted molar refractivity (Wildman–Crippen MR) is 68.7 cm³/mol. The van der Waals surface area contributed by atoms with Crippen LogP contribution >= 0.6 is 27.5 Å². The molecule has 0 saturated heterocycles. The minimum atomic E-state index is 0.662. The minimum absolute atomic E-state index is 0.662. The van der Waals surface area contributed by atoms with Crippen LogP contribution in [0, 0.1) is 0 Å². The zero-order valence-electron chi connectivity index (χ0n) is 8.50. The van der Waals surface area contributed by atoms with Crippen molar-refractivity contribution in [3.05, 3.63) is 39.5 Å². The third-order valence-corrected chi connectivity index (χ3v) is 3.85. The number of nitrogens with one attached hydrogen (secondary N) is 1. The number of halogens is 2. The largest absolute Gasteiger partial charge is 0.280 e. The summed E-state index contributed by atoms with van der Waals surface area (Å²) >= 11 is 9.59. The first-order valence-electron chi connectivity index (χ1n) is 5.25. The average molecular weight is 298 g/mol. The molecule has 1 heterocycles. The Morgan fingerprint density at radius 3 is 2.88 bits per heavy atom. The highest BCUT2D eigenvalue weighted by Crippen LogP contribution is 2.44. The molecule has 0 radical (unpaired) electrons. The fourth-order valence-electron chi connectivity index (χ4n) is 1.81. The van der Waals surface area contributed by atoms with E-state index in [1.165, 1.54) is 18.5 Å². The van der Waals surface area contributed by atoms with Crippen LogP contribution in [-0.2, 0) is 0 Å². The summed E-state index contributed by atoms with van der Waals surface area (Å²) in [5.74, 6) is 0.662. The molecule has 2 nitrogen and oxygen atoms in total. The van der Waals surface area contributed by atoms with Crippen LogP contribution in [0.4, 0.5) is 0 Å². The Morgan fingerprint density at radius 2 is 2.19 bits per heavy atom. The molecule has 82 valence electrons. The van der Waals surface area contributed by atoms with E-state index in [9.17, 15) is 0 Å². The Kier molecular flexibility index (Phi) is 2.52. The first kappa shape index (κ1) is 10.4. The molecule has 16 heavy (non-hydrogen) atoms. The number of aromatic nitrogens is 2. The van der Waals surface area contributed by atoms with Gasteiger partial charge in [-0.25, -0.2) is 0 Å². The molecule has 1 aliphatic carbocycles. The number of H-pyrrole nitrogens is 1. The highest BCUT2D eigenvalue weighted by molar-refractivity contribution is 9.10. The van der Waals surface area contributed by atoms with E-state index in [0.717, 1.165) is 20.8 Å². The molecule has 1 saturated carbocycles. The van der Waals surface area contributed by atoms with E-state index in [2.05, 4.69) is 26.1 Å². The molecule has 4 heteroatoms. The number of hydrogen-bond acceptors (Lipinski definition) is 1. The molecule has 1 aromatic carbocycles. The quantitative estimate of drug-likeness (QED) is 0.876. The van der Waals surface area contributed by atoms with Gasteiger partial charge in [-0.1, -0.05) is 23.7 Å². The maximum absolute atomic E-state index is 5.98. The van der Waals surface area contributed by atoms with Gasteiger partial charge in [-0.3, -0.25) is 5.10 Å². The number of hydrogen-bond donors (Lipinski definition) is 1. The van der Waals surface area contributed by atoms with Crippen LogP contribution in [0.15, 0.2) is 28.7 Å². The fraction of sp³-hybridized carbons (Fsp3) is 0.250. The van der Waals surface area contributed by atoms with Crippen molar-refractivity contribution in [1.82, 2.24) is 10.2 Å². The Balaban J connectivity index is 2.06. The summed E-state index contributed by atoms with van der Waals surface area (Å²) in [5, 5.41) is 8.21. The molecule has 0 amide bonds. The van der Waals surface area contributed by atoms with Crippen LogP contribution in [0.2, 0.25) is 5.02 Å². The van der Waals surface area contributed by atoms with Crippen LogP contribution < -0.4 is 0 Å². The van der Waals surface area contributed by atoms with Gasteiger partial charge >= 0.3 is 0 Å². The zero-order valence-corrected chi connectivity index (χ0v) is 10.8. The van der Waals surface area contributed by atoms with Crippen LogP contribution in [0.5, 0.6) is 0 Å². The van der Waals surface area contributed by atoms with Crippen LogP contribution in [0.1, 0.15) is 24.5 Å². The predicted octanol–water partition coefficient (Wildman–Crippen LogP) is 4.37. The molecule has 3 rings (SSSR count). The number of nitrogens with zero attached hydrogens (tertiary/aromatic N) is 1. The van der Waals surface area contributed by atoms with Gasteiger partial charge in [0.25, 0.3) is 0 Å². The summed E-state index contributed by atoms with van der Waals surface area (Å²) in [7, 11) is 0.